The molecule has 0 radical (unpaired) electrons. The summed E-state index contributed by atoms with van der Waals surface area (Å²) in [4.78, 5) is 25.3. The second-order valence-corrected chi connectivity index (χ2v) is 6.62. The van der Waals surface area contributed by atoms with Crippen LogP contribution < -0.4 is 15.4 Å². The quantitative estimate of drug-likeness (QED) is 0.665. The van der Waals surface area contributed by atoms with Crippen molar-refractivity contribution in [2.75, 3.05) is 5.32 Å². The summed E-state index contributed by atoms with van der Waals surface area (Å²) in [7, 11) is 0. The Morgan fingerprint density at radius 3 is 2.65 bits per heavy atom. The Morgan fingerprint density at radius 2 is 2.00 bits per heavy atom. The number of hydrogen-bond acceptors (Lipinski definition) is 5. The molecule has 1 aromatic carbocycles. The van der Waals surface area contributed by atoms with Gasteiger partial charge >= 0.3 is 0 Å². The fraction of sp³-hybridized carbons (Fsp3) is 0.158. The number of anilines is 1. The summed E-state index contributed by atoms with van der Waals surface area (Å²) in [5, 5.41) is 7.38. The van der Waals surface area contributed by atoms with Crippen LogP contribution in [0.25, 0.3) is 0 Å². The smallest absolute Gasteiger partial charge is 0.255 e. The second-order valence-electron chi connectivity index (χ2n) is 5.59. The molecule has 7 heteroatoms. The molecule has 0 spiro atoms. The van der Waals surface area contributed by atoms with Gasteiger partial charge in [0.15, 0.2) is 0 Å². The minimum atomic E-state index is -0.688. The molecule has 0 aliphatic carbocycles. The highest BCUT2D eigenvalue weighted by molar-refractivity contribution is 7.09. The number of benzene rings is 1. The fourth-order valence-corrected chi connectivity index (χ4v) is 2.79. The molecule has 0 fully saturated rings. The summed E-state index contributed by atoms with van der Waals surface area (Å²) in [6.07, 6.45) is 2.73. The molecule has 2 heterocycles. The molecule has 3 rings (SSSR count). The first-order chi connectivity index (χ1) is 12.6. The molecule has 0 bridgehead atoms. The molecular weight excluding hydrogens is 352 g/mol. The number of amides is 2. The Labute approximate surface area is 154 Å². The number of ether oxygens (including phenoxy) is 1. The maximum Gasteiger partial charge on any atom is 0.255 e. The summed E-state index contributed by atoms with van der Waals surface area (Å²) in [6.45, 7) is 2.13. The minimum Gasteiger partial charge on any atom is -0.488 e. The van der Waals surface area contributed by atoms with Crippen LogP contribution in [0.15, 0.2) is 64.8 Å². The zero-order valence-corrected chi connectivity index (χ0v) is 14.9. The zero-order chi connectivity index (χ0) is 18.4. The van der Waals surface area contributed by atoms with E-state index in [1.807, 2.05) is 17.5 Å². The van der Waals surface area contributed by atoms with Gasteiger partial charge in [0, 0.05) is 10.6 Å². The number of furan rings is 1. The highest BCUT2D eigenvalue weighted by Gasteiger charge is 2.17. The van der Waals surface area contributed by atoms with Crippen molar-refractivity contribution in [3.63, 3.8) is 0 Å². The van der Waals surface area contributed by atoms with Gasteiger partial charge in [0.1, 0.15) is 24.7 Å². The number of rotatable bonds is 7. The molecule has 134 valence electrons. The van der Waals surface area contributed by atoms with Crippen molar-refractivity contribution in [3.8, 4) is 5.75 Å². The van der Waals surface area contributed by atoms with E-state index in [4.69, 9.17) is 9.15 Å². The van der Waals surface area contributed by atoms with Crippen LogP contribution in [-0.2, 0) is 11.4 Å². The number of thiophene rings is 1. The molecule has 0 aliphatic heterocycles. The molecule has 0 saturated carbocycles. The van der Waals surface area contributed by atoms with Gasteiger partial charge in [-0.15, -0.1) is 11.3 Å². The highest BCUT2D eigenvalue weighted by Crippen LogP contribution is 2.18. The maximum absolute atomic E-state index is 12.2. The van der Waals surface area contributed by atoms with E-state index in [9.17, 15) is 9.59 Å². The van der Waals surface area contributed by atoms with Gasteiger partial charge in [-0.2, -0.15) is 0 Å². The standard InChI is InChI=1S/C19H18N2O4S/c1-13(20-19(23)14-8-9-24-11-14)18(22)21-15-4-6-16(7-5-15)25-12-17-3-2-10-26-17/h2-11,13H,12H2,1H3,(H,20,23)(H,21,22)/t13-/m1/s1. The Kier molecular flexibility index (Phi) is 5.70. The molecule has 2 aromatic heterocycles. The third kappa shape index (κ3) is 4.73. The van der Waals surface area contributed by atoms with Crippen LogP contribution in [0.5, 0.6) is 5.75 Å². The van der Waals surface area contributed by atoms with Gasteiger partial charge in [-0.05, 0) is 48.7 Å². The van der Waals surface area contributed by atoms with Gasteiger partial charge < -0.3 is 19.8 Å². The first-order valence-electron chi connectivity index (χ1n) is 8.01. The van der Waals surface area contributed by atoms with E-state index in [2.05, 4.69) is 10.6 Å². The Balaban J connectivity index is 1.49. The van der Waals surface area contributed by atoms with Crippen LogP contribution in [0.4, 0.5) is 5.69 Å². The lowest BCUT2D eigenvalue weighted by molar-refractivity contribution is -0.117. The van der Waals surface area contributed by atoms with E-state index in [-0.39, 0.29) is 11.8 Å². The number of nitrogens with one attached hydrogen (secondary N) is 2. The van der Waals surface area contributed by atoms with Gasteiger partial charge in [-0.25, -0.2) is 0 Å². The summed E-state index contributed by atoms with van der Waals surface area (Å²) in [5.41, 5.74) is 1.000. The first kappa shape index (κ1) is 17.8. The lowest BCUT2D eigenvalue weighted by Gasteiger charge is -2.14. The molecule has 0 aliphatic rings. The third-order valence-electron chi connectivity index (χ3n) is 3.61. The summed E-state index contributed by atoms with van der Waals surface area (Å²) in [5.74, 6) is 0.0468. The van der Waals surface area contributed by atoms with E-state index in [1.165, 1.54) is 18.6 Å². The van der Waals surface area contributed by atoms with Crippen molar-refractivity contribution >= 4 is 28.8 Å². The molecule has 1 atom stereocenters. The predicted molar refractivity (Wildman–Crippen MR) is 99.4 cm³/mol. The highest BCUT2D eigenvalue weighted by atomic mass is 32.1. The summed E-state index contributed by atoms with van der Waals surface area (Å²) < 4.78 is 10.5. The monoisotopic (exact) mass is 370 g/mol. The number of carbonyl (C=O) groups excluding carboxylic acids is 2. The Hall–Kier alpha value is -3.06. The minimum absolute atomic E-state index is 0.311. The van der Waals surface area contributed by atoms with Crippen molar-refractivity contribution in [2.45, 2.75) is 19.6 Å². The number of carbonyl (C=O) groups is 2. The van der Waals surface area contributed by atoms with Crippen LogP contribution in [0.3, 0.4) is 0 Å². The van der Waals surface area contributed by atoms with Gasteiger partial charge in [-0.3, -0.25) is 9.59 Å². The lowest BCUT2D eigenvalue weighted by atomic mass is 10.2. The SMILES string of the molecule is C[C@@H](NC(=O)c1ccoc1)C(=O)Nc1ccc(OCc2cccs2)cc1. The normalized spacial score (nSPS) is 11.6. The fourth-order valence-electron chi connectivity index (χ4n) is 2.17. The largest absolute Gasteiger partial charge is 0.488 e. The maximum atomic E-state index is 12.2. The van der Waals surface area contributed by atoms with Crippen molar-refractivity contribution in [1.29, 1.82) is 0 Å². The zero-order valence-electron chi connectivity index (χ0n) is 14.1. The van der Waals surface area contributed by atoms with Gasteiger partial charge in [0.2, 0.25) is 5.91 Å². The topological polar surface area (TPSA) is 80.6 Å². The van der Waals surface area contributed by atoms with E-state index in [1.54, 1.807) is 42.5 Å². The summed E-state index contributed by atoms with van der Waals surface area (Å²) >= 11 is 1.64. The molecule has 6 nitrogen and oxygen atoms in total. The van der Waals surface area contributed by atoms with Crippen molar-refractivity contribution in [3.05, 3.63) is 70.8 Å². The van der Waals surface area contributed by atoms with E-state index in [0.717, 1.165) is 10.6 Å². The molecule has 0 unspecified atom stereocenters. The van der Waals surface area contributed by atoms with Crippen molar-refractivity contribution in [1.82, 2.24) is 5.32 Å². The molecular formula is C19H18N2O4S. The lowest BCUT2D eigenvalue weighted by Crippen LogP contribution is -2.41. The summed E-state index contributed by atoms with van der Waals surface area (Å²) in [6, 6.07) is 11.9. The van der Waals surface area contributed by atoms with Crippen LogP contribution >= 0.6 is 11.3 Å². The third-order valence-corrected chi connectivity index (χ3v) is 4.46. The van der Waals surface area contributed by atoms with Crippen LogP contribution in [0.2, 0.25) is 0 Å². The van der Waals surface area contributed by atoms with Crippen LogP contribution in [0, 0.1) is 0 Å². The van der Waals surface area contributed by atoms with E-state index >= 15 is 0 Å². The second kappa shape index (κ2) is 8.35. The Morgan fingerprint density at radius 1 is 1.19 bits per heavy atom. The van der Waals surface area contributed by atoms with E-state index in [0.29, 0.717) is 17.9 Å². The molecule has 26 heavy (non-hydrogen) atoms. The predicted octanol–water partition coefficient (Wildman–Crippen LogP) is 3.68. The first-order valence-corrected chi connectivity index (χ1v) is 8.89. The van der Waals surface area contributed by atoms with Crippen molar-refractivity contribution in [2.24, 2.45) is 0 Å². The van der Waals surface area contributed by atoms with Crippen molar-refractivity contribution < 1.29 is 18.7 Å². The molecule has 2 N–H and O–H groups in total. The average molecular weight is 370 g/mol. The van der Waals surface area contributed by atoms with Gasteiger partial charge in [-0.1, -0.05) is 6.07 Å². The van der Waals surface area contributed by atoms with E-state index < -0.39 is 6.04 Å². The van der Waals surface area contributed by atoms with Gasteiger partial charge in [0.25, 0.3) is 5.91 Å². The molecule has 2 amide bonds. The number of hydrogen-bond donors (Lipinski definition) is 2. The molecule has 3 aromatic rings. The molecule has 0 saturated heterocycles. The van der Waals surface area contributed by atoms with Gasteiger partial charge in [0.05, 0.1) is 11.8 Å². The van der Waals surface area contributed by atoms with Crippen LogP contribution in [-0.4, -0.2) is 17.9 Å². The average Bonchev–Trinajstić information content (AvgIpc) is 3.35. The Bertz CT molecular complexity index is 842. The van der Waals surface area contributed by atoms with Crippen LogP contribution in [0.1, 0.15) is 22.2 Å².